The summed E-state index contributed by atoms with van der Waals surface area (Å²) < 4.78 is 97.2. The molecule has 4 aromatic rings. The first-order valence-corrected chi connectivity index (χ1v) is 19.7. The van der Waals surface area contributed by atoms with Crippen molar-refractivity contribution in [2.75, 3.05) is 25.1 Å². The molecule has 0 atom stereocenters. The molecule has 284 valence electrons. The fourth-order valence-electron chi connectivity index (χ4n) is 4.05. The summed E-state index contributed by atoms with van der Waals surface area (Å²) in [6.07, 6.45) is 1.89. The molecule has 0 amide bonds. The lowest BCUT2D eigenvalue weighted by atomic mass is 10.1. The van der Waals surface area contributed by atoms with E-state index in [1.54, 1.807) is 19.2 Å². The van der Waals surface area contributed by atoms with Crippen molar-refractivity contribution >= 4 is 93.4 Å². The maximum absolute atomic E-state index is 12.5. The molecule has 4 rings (SSSR count). The molecule has 26 heteroatoms. The summed E-state index contributed by atoms with van der Waals surface area (Å²) in [5, 5.41) is 44.5. The Morgan fingerprint density at radius 1 is 0.887 bits per heavy atom. The molecule has 4 aromatic carbocycles. The predicted octanol–water partition coefficient (Wildman–Crippen LogP) is 4.56. The van der Waals surface area contributed by atoms with E-state index in [0.29, 0.717) is 16.9 Å². The number of rotatable bonds is 15. The lowest BCUT2D eigenvalue weighted by Gasteiger charge is -2.14. The van der Waals surface area contributed by atoms with Crippen LogP contribution in [0.2, 0.25) is 0 Å². The van der Waals surface area contributed by atoms with Crippen LogP contribution in [0.3, 0.4) is 0 Å². The Morgan fingerprint density at radius 3 is 2.06 bits per heavy atom. The fourth-order valence-corrected chi connectivity index (χ4v) is 7.06. The minimum atomic E-state index is -5.01. The zero-order chi connectivity index (χ0) is 38.1. The minimum absolute atomic E-state index is 0. The molecule has 53 heavy (non-hydrogen) atoms. The van der Waals surface area contributed by atoms with Crippen molar-refractivity contribution in [2.24, 2.45) is 20.5 Å². The first kappa shape index (κ1) is 42.9. The number of nitrogens with two attached hydrogens (primary N) is 1. The molecule has 0 saturated heterocycles. The summed E-state index contributed by atoms with van der Waals surface area (Å²) in [7, 11) is -11.8. The summed E-state index contributed by atoms with van der Waals surface area (Å²) in [6.45, 7) is 0.227. The SMILES string of the molecule is CNCCS(=O)(=O)c1ccc(N=Nc2c(S(=O)(=O)O)cc3cc(SOOO)c(N=Nc4ccc(SC#COOS(=O)(=O)O)cc4)c(O)c3c2N)cc1.O. The van der Waals surface area contributed by atoms with Crippen molar-refractivity contribution in [2.45, 2.75) is 19.6 Å². The Morgan fingerprint density at radius 2 is 1.49 bits per heavy atom. The van der Waals surface area contributed by atoms with Gasteiger partial charge in [-0.3, -0.25) is 14.0 Å². The molecule has 0 fully saturated rings. The zero-order valence-corrected chi connectivity index (χ0v) is 30.5. The maximum atomic E-state index is 12.5. The number of phenols is 1. The van der Waals surface area contributed by atoms with E-state index in [2.05, 4.69) is 49.6 Å². The van der Waals surface area contributed by atoms with Gasteiger partial charge in [0.15, 0.2) is 21.7 Å². The van der Waals surface area contributed by atoms with Crippen LogP contribution in [0.25, 0.3) is 10.8 Å². The van der Waals surface area contributed by atoms with E-state index in [4.69, 9.17) is 15.5 Å². The molecule has 9 N–H and O–H groups in total. The van der Waals surface area contributed by atoms with Gasteiger partial charge in [0.25, 0.3) is 10.1 Å². The number of phenolic OH excluding ortho intramolecular Hbond substituents is 1. The molecular weight excluding hydrogens is 809 g/mol. The third kappa shape index (κ3) is 11.8. The molecule has 0 aliphatic heterocycles. The molecular formula is C27H26N6O15S5. The number of thioether (sulfide) groups is 1. The Kier molecular flexibility index (Phi) is 15.0. The van der Waals surface area contributed by atoms with Crippen molar-refractivity contribution in [3.8, 4) is 17.1 Å². The number of nitrogens with zero attached hydrogens (tertiary/aromatic N) is 4. The minimum Gasteiger partial charge on any atom is -0.505 e. The Balaban J connectivity index is 0.00000756. The van der Waals surface area contributed by atoms with Crippen LogP contribution in [-0.4, -0.2) is 69.5 Å². The molecule has 0 spiro atoms. The third-order valence-corrected chi connectivity index (χ3v) is 10.5. The van der Waals surface area contributed by atoms with Gasteiger partial charge in [-0.15, -0.1) is 14.6 Å². The number of azo groups is 2. The van der Waals surface area contributed by atoms with Crippen LogP contribution in [0.15, 0.2) is 101 Å². The molecule has 0 aliphatic carbocycles. The summed E-state index contributed by atoms with van der Waals surface area (Å²) in [4.78, 5) is 3.70. The van der Waals surface area contributed by atoms with Crippen LogP contribution in [0.5, 0.6) is 5.75 Å². The van der Waals surface area contributed by atoms with Gasteiger partial charge in [0, 0.05) is 16.7 Å². The van der Waals surface area contributed by atoms with Crippen LogP contribution in [-0.2, 0) is 48.9 Å². The molecule has 0 saturated carbocycles. The molecule has 0 unspecified atom stereocenters. The molecule has 0 heterocycles. The first-order chi connectivity index (χ1) is 24.5. The highest BCUT2D eigenvalue weighted by Gasteiger charge is 2.25. The molecule has 0 aromatic heterocycles. The smallest absolute Gasteiger partial charge is 0.433 e. The lowest BCUT2D eigenvalue weighted by Crippen LogP contribution is -2.19. The van der Waals surface area contributed by atoms with Gasteiger partial charge >= 0.3 is 10.4 Å². The van der Waals surface area contributed by atoms with Crippen molar-refractivity contribution in [3.05, 3.63) is 60.7 Å². The van der Waals surface area contributed by atoms with Gasteiger partial charge in [-0.05, 0) is 89.2 Å². The second-order valence-electron chi connectivity index (χ2n) is 9.70. The standard InChI is InChI=1S/C27H24N6O14S5.H2O/c1-29-10-13-50(36,37)20-8-4-18(5-9-20)31-33-26-22(51(38,39)40)15-16-14-21(49-46-45-35)25(27(34)23(16)24(26)28)32-30-17-2-6-19(7-3-17)48-12-11-44-47-52(41,42)43;/h2-9,14-15,29,34-35H,10,13,28H2,1H3,(H,38,39,40)(H,41,42,43);1H2. The number of aromatic hydroxyl groups is 1. The Bertz CT molecular complexity index is 2400. The van der Waals surface area contributed by atoms with Gasteiger partial charge < -0.3 is 21.6 Å². The number of benzene rings is 4. The average molecular weight is 835 g/mol. The molecule has 0 bridgehead atoms. The van der Waals surface area contributed by atoms with E-state index >= 15 is 0 Å². The van der Waals surface area contributed by atoms with Gasteiger partial charge in [-0.1, -0.05) is 5.04 Å². The first-order valence-electron chi connectivity index (χ1n) is 13.7. The largest absolute Gasteiger partial charge is 0.505 e. The van der Waals surface area contributed by atoms with Gasteiger partial charge in [0.1, 0.15) is 16.3 Å². The Hall–Kier alpha value is -4.47. The molecule has 21 nitrogen and oxygen atoms in total. The van der Waals surface area contributed by atoms with Gasteiger partial charge in [0.05, 0.1) is 50.0 Å². The number of sulfone groups is 1. The van der Waals surface area contributed by atoms with E-state index in [-0.39, 0.29) is 55.4 Å². The molecule has 0 aliphatic rings. The monoisotopic (exact) mass is 834 g/mol. The normalized spacial score (nSPS) is 12.2. The van der Waals surface area contributed by atoms with Crippen LogP contribution in [0, 0.1) is 11.4 Å². The fraction of sp³-hybridized carbons (Fsp3) is 0.111. The second kappa shape index (κ2) is 18.5. The summed E-state index contributed by atoms with van der Waals surface area (Å²) in [6, 6.07) is 13.4. The second-order valence-corrected chi connectivity index (χ2v) is 15.8. The van der Waals surface area contributed by atoms with E-state index in [1.807, 2.05) is 6.11 Å². The number of nitrogens with one attached hydrogen (secondary N) is 1. The topological polar surface area (TPSA) is 339 Å². The number of nitrogen functional groups attached to an aromatic ring is 1. The van der Waals surface area contributed by atoms with Crippen molar-refractivity contribution in [1.29, 1.82) is 0 Å². The van der Waals surface area contributed by atoms with Gasteiger partial charge in [-0.25, -0.2) is 13.7 Å². The van der Waals surface area contributed by atoms with Crippen molar-refractivity contribution in [3.63, 3.8) is 0 Å². The number of hydrogen-bond donors (Lipinski definition) is 6. The quantitative estimate of drug-likeness (QED) is 0.0140. The van der Waals surface area contributed by atoms with E-state index in [1.165, 1.54) is 42.5 Å². The number of fused-ring (bicyclic) bond motifs is 1. The lowest BCUT2D eigenvalue weighted by molar-refractivity contribution is -0.432. The third-order valence-electron chi connectivity index (χ3n) is 6.30. The predicted molar refractivity (Wildman–Crippen MR) is 189 cm³/mol. The van der Waals surface area contributed by atoms with Gasteiger partial charge in [-0.2, -0.15) is 27.1 Å². The van der Waals surface area contributed by atoms with Crippen LogP contribution in [0.4, 0.5) is 28.4 Å². The van der Waals surface area contributed by atoms with Crippen LogP contribution < -0.4 is 11.1 Å². The summed E-state index contributed by atoms with van der Waals surface area (Å²) in [5.74, 6) is -0.813. The van der Waals surface area contributed by atoms with Gasteiger partial charge in [0.2, 0.25) is 0 Å². The number of anilines is 1. The Labute approximate surface area is 309 Å². The summed E-state index contributed by atoms with van der Waals surface area (Å²) in [5.41, 5.74) is 5.32. The molecule has 0 radical (unpaired) electrons. The highest BCUT2D eigenvalue weighted by Crippen LogP contribution is 2.49. The van der Waals surface area contributed by atoms with E-state index < -0.39 is 52.4 Å². The van der Waals surface area contributed by atoms with Crippen molar-refractivity contribution < 1.29 is 68.8 Å². The van der Waals surface area contributed by atoms with E-state index in [0.717, 1.165) is 17.8 Å². The average Bonchev–Trinajstić information content (AvgIpc) is 3.08. The highest BCUT2D eigenvalue weighted by molar-refractivity contribution is 8.04. The zero-order valence-electron chi connectivity index (χ0n) is 26.5. The van der Waals surface area contributed by atoms with Crippen molar-refractivity contribution in [1.82, 2.24) is 5.32 Å². The van der Waals surface area contributed by atoms with Crippen LogP contribution in [0.1, 0.15) is 0 Å². The van der Waals surface area contributed by atoms with E-state index in [9.17, 15) is 34.9 Å². The number of hydrogen-bond acceptors (Lipinski definition) is 20. The van der Waals surface area contributed by atoms with Crippen LogP contribution >= 0.6 is 23.8 Å². The maximum Gasteiger partial charge on any atom is 0.433 e. The summed E-state index contributed by atoms with van der Waals surface area (Å²) >= 11 is 1.24. The highest BCUT2D eigenvalue weighted by atomic mass is 32.3.